The molecular formula is C14H12N4O2. The maximum atomic E-state index is 10.8. The van der Waals surface area contributed by atoms with Gasteiger partial charge < -0.3 is 10.4 Å². The molecule has 20 heavy (non-hydrogen) atoms. The highest BCUT2D eigenvalue weighted by molar-refractivity contribution is 5.79. The number of nitrogens with zero attached hydrogens (tertiary/aromatic N) is 3. The first kappa shape index (κ1) is 12.2. The van der Waals surface area contributed by atoms with E-state index in [2.05, 4.69) is 15.3 Å². The Hall–Kier alpha value is -2.89. The Bertz CT molecular complexity index is 752. The van der Waals surface area contributed by atoms with Crippen molar-refractivity contribution in [3.8, 4) is 11.3 Å². The van der Waals surface area contributed by atoms with Crippen molar-refractivity contribution < 1.29 is 9.90 Å². The molecule has 0 saturated heterocycles. The lowest BCUT2D eigenvalue weighted by molar-refractivity contribution is -0.134. The van der Waals surface area contributed by atoms with Crippen LogP contribution >= 0.6 is 0 Å². The molecule has 3 rings (SSSR count). The molecule has 2 aromatic heterocycles. The van der Waals surface area contributed by atoms with Crippen molar-refractivity contribution in [2.75, 3.05) is 11.9 Å². The van der Waals surface area contributed by atoms with Gasteiger partial charge in [0.05, 0.1) is 0 Å². The minimum Gasteiger partial charge on any atom is -0.480 e. The quantitative estimate of drug-likeness (QED) is 0.755. The van der Waals surface area contributed by atoms with E-state index in [1.165, 1.54) is 0 Å². The number of nitrogens with one attached hydrogen (secondary N) is 1. The predicted molar refractivity (Wildman–Crippen MR) is 74.5 cm³/mol. The second-order valence-electron chi connectivity index (χ2n) is 4.21. The summed E-state index contributed by atoms with van der Waals surface area (Å²) in [5.41, 5.74) is 1.59. The van der Waals surface area contributed by atoms with Crippen LogP contribution in [0.15, 0.2) is 48.8 Å². The van der Waals surface area contributed by atoms with Crippen LogP contribution in [-0.4, -0.2) is 32.0 Å². The maximum absolute atomic E-state index is 10.8. The van der Waals surface area contributed by atoms with E-state index in [1.54, 1.807) is 22.9 Å². The van der Waals surface area contributed by atoms with Crippen LogP contribution in [0, 0.1) is 0 Å². The lowest BCUT2D eigenvalue weighted by atomic mass is 10.1. The van der Waals surface area contributed by atoms with Crippen LogP contribution in [0.1, 0.15) is 0 Å². The minimum absolute atomic E-state index is 0.178. The molecule has 3 aromatic rings. The van der Waals surface area contributed by atoms with Gasteiger partial charge in [-0.2, -0.15) is 0 Å². The van der Waals surface area contributed by atoms with Crippen molar-refractivity contribution >= 4 is 17.6 Å². The fraction of sp³-hybridized carbons (Fsp3) is 0.0714. The number of imidazole rings is 1. The topological polar surface area (TPSA) is 79.5 Å². The summed E-state index contributed by atoms with van der Waals surface area (Å²) in [4.78, 5) is 19.4. The standard InChI is InChI=1S/C14H12N4O2/c19-11(20)9-16-13-12(10-5-2-1-3-6-10)17-14-15-7-4-8-18(13)14/h1-8,16H,9H2,(H,19,20). The van der Waals surface area contributed by atoms with E-state index in [1.807, 2.05) is 30.3 Å². The Morgan fingerprint density at radius 1 is 1.25 bits per heavy atom. The van der Waals surface area contributed by atoms with Gasteiger partial charge in [-0.15, -0.1) is 0 Å². The van der Waals surface area contributed by atoms with Gasteiger partial charge in [-0.25, -0.2) is 9.97 Å². The summed E-state index contributed by atoms with van der Waals surface area (Å²) in [5, 5.41) is 11.7. The van der Waals surface area contributed by atoms with E-state index in [-0.39, 0.29) is 6.54 Å². The van der Waals surface area contributed by atoms with Crippen molar-refractivity contribution in [2.45, 2.75) is 0 Å². The van der Waals surface area contributed by atoms with Crippen molar-refractivity contribution in [2.24, 2.45) is 0 Å². The molecule has 1 aromatic carbocycles. The normalized spacial score (nSPS) is 10.6. The first-order chi connectivity index (χ1) is 9.75. The molecule has 0 spiro atoms. The fourth-order valence-electron chi connectivity index (χ4n) is 2.01. The van der Waals surface area contributed by atoms with Crippen LogP contribution in [0.25, 0.3) is 17.0 Å². The first-order valence-corrected chi connectivity index (χ1v) is 6.10. The average Bonchev–Trinajstić information content (AvgIpc) is 2.84. The van der Waals surface area contributed by atoms with Gasteiger partial charge in [-0.3, -0.25) is 9.20 Å². The summed E-state index contributed by atoms with van der Waals surface area (Å²) in [6, 6.07) is 11.4. The number of fused-ring (bicyclic) bond motifs is 1. The fourth-order valence-corrected chi connectivity index (χ4v) is 2.01. The van der Waals surface area contributed by atoms with Gasteiger partial charge >= 0.3 is 5.97 Å². The molecule has 0 aliphatic carbocycles. The number of benzene rings is 1. The molecule has 2 heterocycles. The van der Waals surface area contributed by atoms with Crippen LogP contribution < -0.4 is 5.32 Å². The molecule has 0 fully saturated rings. The highest BCUT2D eigenvalue weighted by Crippen LogP contribution is 2.27. The number of aliphatic carboxylic acids is 1. The number of hydrogen-bond acceptors (Lipinski definition) is 4. The predicted octanol–water partition coefficient (Wildman–Crippen LogP) is 1.89. The molecule has 0 bridgehead atoms. The largest absolute Gasteiger partial charge is 0.480 e. The van der Waals surface area contributed by atoms with E-state index >= 15 is 0 Å². The number of carbonyl (C=O) groups is 1. The van der Waals surface area contributed by atoms with E-state index in [0.29, 0.717) is 17.3 Å². The molecule has 0 radical (unpaired) electrons. The van der Waals surface area contributed by atoms with E-state index in [9.17, 15) is 4.79 Å². The molecule has 100 valence electrons. The van der Waals surface area contributed by atoms with Crippen LogP contribution in [0.3, 0.4) is 0 Å². The third-order valence-electron chi connectivity index (χ3n) is 2.86. The van der Waals surface area contributed by atoms with Crippen molar-refractivity contribution in [1.82, 2.24) is 14.4 Å². The number of carboxylic acid groups (broad SMARTS) is 1. The molecule has 0 amide bonds. The molecule has 0 saturated carbocycles. The monoisotopic (exact) mass is 268 g/mol. The highest BCUT2D eigenvalue weighted by atomic mass is 16.4. The zero-order valence-corrected chi connectivity index (χ0v) is 10.5. The third-order valence-corrected chi connectivity index (χ3v) is 2.86. The lowest BCUT2D eigenvalue weighted by Crippen LogP contribution is -2.14. The summed E-state index contributed by atoms with van der Waals surface area (Å²) in [6.45, 7) is -0.178. The molecule has 0 unspecified atom stereocenters. The summed E-state index contributed by atoms with van der Waals surface area (Å²) in [7, 11) is 0. The molecule has 2 N–H and O–H groups in total. The van der Waals surface area contributed by atoms with E-state index in [0.717, 1.165) is 5.56 Å². The van der Waals surface area contributed by atoms with Gasteiger partial charge in [0.2, 0.25) is 5.78 Å². The molecule has 0 atom stereocenters. The van der Waals surface area contributed by atoms with Crippen LogP contribution in [0.2, 0.25) is 0 Å². The molecule has 6 heteroatoms. The van der Waals surface area contributed by atoms with Crippen LogP contribution in [-0.2, 0) is 4.79 Å². The third kappa shape index (κ3) is 2.18. The van der Waals surface area contributed by atoms with Gasteiger partial charge in [-0.05, 0) is 6.07 Å². The SMILES string of the molecule is O=C(O)CNc1c(-c2ccccc2)nc2ncccn12. The van der Waals surface area contributed by atoms with E-state index < -0.39 is 5.97 Å². The summed E-state index contributed by atoms with van der Waals surface area (Å²) in [6.07, 6.45) is 3.45. The van der Waals surface area contributed by atoms with E-state index in [4.69, 9.17) is 5.11 Å². The van der Waals surface area contributed by atoms with Crippen molar-refractivity contribution in [3.05, 3.63) is 48.8 Å². The van der Waals surface area contributed by atoms with Gasteiger partial charge in [-0.1, -0.05) is 30.3 Å². The second kappa shape index (κ2) is 5.00. The van der Waals surface area contributed by atoms with Crippen LogP contribution in [0.4, 0.5) is 5.82 Å². The van der Waals surface area contributed by atoms with Crippen molar-refractivity contribution in [1.29, 1.82) is 0 Å². The zero-order valence-electron chi connectivity index (χ0n) is 10.5. The zero-order chi connectivity index (χ0) is 13.9. The van der Waals surface area contributed by atoms with Gasteiger partial charge in [0.1, 0.15) is 18.1 Å². The lowest BCUT2D eigenvalue weighted by Gasteiger charge is -2.06. The Kier molecular flexibility index (Phi) is 3.04. The number of rotatable bonds is 4. The highest BCUT2D eigenvalue weighted by Gasteiger charge is 2.14. The molecular weight excluding hydrogens is 256 g/mol. The Morgan fingerprint density at radius 3 is 2.80 bits per heavy atom. The number of hydrogen-bond donors (Lipinski definition) is 2. The minimum atomic E-state index is -0.928. The Morgan fingerprint density at radius 2 is 2.05 bits per heavy atom. The average molecular weight is 268 g/mol. The molecule has 6 nitrogen and oxygen atoms in total. The smallest absolute Gasteiger partial charge is 0.322 e. The first-order valence-electron chi connectivity index (χ1n) is 6.10. The van der Waals surface area contributed by atoms with Crippen LogP contribution in [0.5, 0.6) is 0 Å². The van der Waals surface area contributed by atoms with Gasteiger partial charge in [0, 0.05) is 18.0 Å². The van der Waals surface area contributed by atoms with Gasteiger partial charge in [0.25, 0.3) is 0 Å². The molecule has 0 aliphatic rings. The van der Waals surface area contributed by atoms with Gasteiger partial charge in [0.15, 0.2) is 0 Å². The summed E-state index contributed by atoms with van der Waals surface area (Å²) >= 11 is 0. The number of carboxylic acids is 1. The number of aromatic nitrogens is 3. The summed E-state index contributed by atoms with van der Waals surface area (Å²) in [5.74, 6) is 0.226. The maximum Gasteiger partial charge on any atom is 0.322 e. The Labute approximate surface area is 114 Å². The Balaban J connectivity index is 2.15. The molecule has 0 aliphatic heterocycles. The summed E-state index contributed by atoms with van der Waals surface area (Å²) < 4.78 is 1.74. The second-order valence-corrected chi connectivity index (χ2v) is 4.21. The van der Waals surface area contributed by atoms with Crippen molar-refractivity contribution in [3.63, 3.8) is 0 Å². The number of anilines is 1.